The van der Waals surface area contributed by atoms with Gasteiger partial charge in [0.25, 0.3) is 5.91 Å². The van der Waals surface area contributed by atoms with Gasteiger partial charge in [-0.1, -0.05) is 56.3 Å². The van der Waals surface area contributed by atoms with Gasteiger partial charge in [-0.05, 0) is 42.2 Å². The van der Waals surface area contributed by atoms with Gasteiger partial charge >= 0.3 is 5.97 Å². The Morgan fingerprint density at radius 1 is 0.892 bits per heavy atom. The van der Waals surface area contributed by atoms with Crippen molar-refractivity contribution in [1.29, 1.82) is 0 Å². The molecule has 3 N–H and O–H groups in total. The largest absolute Gasteiger partial charge is 0.508 e. The van der Waals surface area contributed by atoms with Gasteiger partial charge in [0.15, 0.2) is 0 Å². The molecule has 0 saturated heterocycles. The molecule has 8 nitrogen and oxygen atoms in total. The minimum atomic E-state index is -0.965. The third kappa shape index (κ3) is 5.91. The fraction of sp³-hybridized carbons (Fsp3) is 0.276. The number of hydrogen-bond acceptors (Lipinski definition) is 6. The second-order valence-corrected chi connectivity index (χ2v) is 9.39. The molecule has 0 aliphatic rings. The SMILES string of the molecule is COC(=O)[C@H](Cc1ccc(O)cc1)NC(=O)[C@H](CC(C)C)NC(=O)c1cccc2c1oc1ccccc12. The number of hydrogen-bond donors (Lipinski definition) is 3. The van der Waals surface area contributed by atoms with Crippen LogP contribution in [0.5, 0.6) is 5.75 Å². The fourth-order valence-electron chi connectivity index (χ4n) is 4.34. The summed E-state index contributed by atoms with van der Waals surface area (Å²) in [7, 11) is 1.25. The number of furan rings is 1. The summed E-state index contributed by atoms with van der Waals surface area (Å²) in [6.07, 6.45) is 0.528. The normalized spacial score (nSPS) is 12.9. The molecule has 2 amide bonds. The molecule has 4 rings (SSSR count). The Bertz CT molecular complexity index is 1420. The van der Waals surface area contributed by atoms with Crippen molar-refractivity contribution in [3.05, 3.63) is 77.9 Å². The lowest BCUT2D eigenvalue weighted by Gasteiger charge is -2.23. The van der Waals surface area contributed by atoms with Gasteiger partial charge in [0.05, 0.1) is 12.7 Å². The van der Waals surface area contributed by atoms with Crippen LogP contribution in [0.15, 0.2) is 71.1 Å². The number of methoxy groups -OCH3 is 1. The third-order valence-corrected chi connectivity index (χ3v) is 6.16. The standard InChI is InChI=1S/C29H30N2O6/c1-17(2)15-23(28(34)31-24(29(35)36-3)16-18-11-13-19(32)14-12-18)30-27(33)22-9-6-8-21-20-7-4-5-10-25(20)37-26(21)22/h4-14,17,23-24,32H,15-16H2,1-3H3,(H,30,33)(H,31,34)/t23-,24-/m0/s1. The zero-order valence-corrected chi connectivity index (χ0v) is 21.0. The number of phenols is 1. The highest BCUT2D eigenvalue weighted by Crippen LogP contribution is 2.30. The number of para-hydroxylation sites is 2. The number of fused-ring (bicyclic) bond motifs is 3. The number of carbonyl (C=O) groups is 3. The van der Waals surface area contributed by atoms with Crippen molar-refractivity contribution in [2.24, 2.45) is 5.92 Å². The van der Waals surface area contributed by atoms with Crippen molar-refractivity contribution < 1.29 is 28.6 Å². The Labute approximate surface area is 214 Å². The quantitative estimate of drug-likeness (QED) is 0.293. The highest BCUT2D eigenvalue weighted by atomic mass is 16.5. The maximum atomic E-state index is 13.4. The number of benzene rings is 3. The molecule has 4 aromatic rings. The monoisotopic (exact) mass is 502 g/mol. The lowest BCUT2D eigenvalue weighted by atomic mass is 10.0. The first-order chi connectivity index (χ1) is 17.8. The van der Waals surface area contributed by atoms with Crippen molar-refractivity contribution in [1.82, 2.24) is 10.6 Å². The van der Waals surface area contributed by atoms with Crippen molar-refractivity contribution in [2.45, 2.75) is 38.8 Å². The molecule has 3 aromatic carbocycles. The van der Waals surface area contributed by atoms with Crippen LogP contribution in [0.25, 0.3) is 21.9 Å². The van der Waals surface area contributed by atoms with Crippen LogP contribution in [0, 0.1) is 5.92 Å². The highest BCUT2D eigenvalue weighted by molar-refractivity contribution is 6.13. The Hall–Kier alpha value is -4.33. The van der Waals surface area contributed by atoms with Crippen molar-refractivity contribution in [2.75, 3.05) is 7.11 Å². The molecular weight excluding hydrogens is 472 g/mol. The molecule has 1 heterocycles. The molecule has 0 bridgehead atoms. The van der Waals surface area contributed by atoms with Crippen molar-refractivity contribution in [3.63, 3.8) is 0 Å². The van der Waals surface area contributed by atoms with Crippen LogP contribution in [0.1, 0.15) is 36.2 Å². The topological polar surface area (TPSA) is 118 Å². The summed E-state index contributed by atoms with van der Waals surface area (Å²) in [5.41, 5.74) is 2.17. The minimum absolute atomic E-state index is 0.0896. The van der Waals surface area contributed by atoms with Crippen molar-refractivity contribution >= 4 is 39.7 Å². The number of nitrogens with one attached hydrogen (secondary N) is 2. The number of phenolic OH excluding ortho intramolecular Hbond substituents is 1. The van der Waals surface area contributed by atoms with Crippen molar-refractivity contribution in [3.8, 4) is 5.75 Å². The third-order valence-electron chi connectivity index (χ3n) is 6.16. The second-order valence-electron chi connectivity index (χ2n) is 9.39. The number of esters is 1. The molecule has 0 spiro atoms. The number of carbonyl (C=O) groups excluding carboxylic acids is 3. The maximum absolute atomic E-state index is 13.4. The fourth-order valence-corrected chi connectivity index (χ4v) is 4.34. The second kappa shape index (κ2) is 11.2. The van der Waals surface area contributed by atoms with E-state index >= 15 is 0 Å². The van der Waals surface area contributed by atoms with Crippen LogP contribution in [0.2, 0.25) is 0 Å². The van der Waals surface area contributed by atoms with Gasteiger partial charge in [0, 0.05) is 17.2 Å². The van der Waals surface area contributed by atoms with Gasteiger partial charge < -0.3 is 24.9 Å². The Morgan fingerprint density at radius 3 is 2.30 bits per heavy atom. The summed E-state index contributed by atoms with van der Waals surface area (Å²) >= 11 is 0. The lowest BCUT2D eigenvalue weighted by molar-refractivity contribution is -0.145. The number of ether oxygens (including phenoxy) is 1. The Balaban J connectivity index is 1.56. The average molecular weight is 503 g/mol. The Kier molecular flexibility index (Phi) is 7.77. The van der Waals surface area contributed by atoms with Gasteiger partial charge in [0.1, 0.15) is 29.0 Å². The summed E-state index contributed by atoms with van der Waals surface area (Å²) in [4.78, 5) is 39.1. The van der Waals surface area contributed by atoms with E-state index in [-0.39, 0.29) is 18.1 Å². The zero-order chi connectivity index (χ0) is 26.5. The van der Waals surface area contributed by atoms with E-state index in [0.717, 1.165) is 16.3 Å². The molecule has 192 valence electrons. The molecule has 8 heteroatoms. The van der Waals surface area contributed by atoms with Gasteiger partial charge in [-0.3, -0.25) is 9.59 Å². The zero-order valence-electron chi connectivity index (χ0n) is 21.0. The highest BCUT2D eigenvalue weighted by Gasteiger charge is 2.29. The molecule has 0 radical (unpaired) electrons. The van der Waals surface area contributed by atoms with E-state index in [1.54, 1.807) is 24.3 Å². The first-order valence-electron chi connectivity index (χ1n) is 12.1. The molecule has 0 fully saturated rings. The van der Waals surface area contributed by atoms with E-state index < -0.39 is 29.9 Å². The van der Waals surface area contributed by atoms with Gasteiger partial charge in [-0.15, -0.1) is 0 Å². The first-order valence-corrected chi connectivity index (χ1v) is 12.1. The molecule has 0 saturated carbocycles. The van der Waals surface area contributed by atoms with Gasteiger partial charge in [0.2, 0.25) is 5.91 Å². The van der Waals surface area contributed by atoms with Crippen LogP contribution < -0.4 is 10.6 Å². The van der Waals surface area contributed by atoms with E-state index in [0.29, 0.717) is 23.2 Å². The summed E-state index contributed by atoms with van der Waals surface area (Å²) in [5, 5.41) is 16.8. The summed E-state index contributed by atoms with van der Waals surface area (Å²) < 4.78 is 10.9. The van der Waals surface area contributed by atoms with Gasteiger partial charge in [-0.2, -0.15) is 0 Å². The predicted molar refractivity (Wildman–Crippen MR) is 140 cm³/mol. The number of amides is 2. The Morgan fingerprint density at radius 2 is 1.59 bits per heavy atom. The predicted octanol–water partition coefficient (Wildman–Crippen LogP) is 4.34. The molecule has 1 aromatic heterocycles. The number of aromatic hydroxyl groups is 1. The van der Waals surface area contributed by atoms with E-state index in [1.165, 1.54) is 19.2 Å². The van der Waals surface area contributed by atoms with Crippen LogP contribution in [0.3, 0.4) is 0 Å². The lowest BCUT2D eigenvalue weighted by Crippen LogP contribution is -2.52. The molecule has 0 unspecified atom stereocenters. The molecule has 2 atom stereocenters. The summed E-state index contributed by atoms with van der Waals surface area (Å²) in [6, 6.07) is 17.4. The van der Waals surface area contributed by atoms with Crippen LogP contribution in [-0.2, 0) is 20.7 Å². The first kappa shape index (κ1) is 25.8. The van der Waals surface area contributed by atoms with E-state index in [2.05, 4.69) is 10.6 Å². The van der Waals surface area contributed by atoms with Crippen LogP contribution in [-0.4, -0.2) is 42.1 Å². The van der Waals surface area contributed by atoms with Gasteiger partial charge in [-0.25, -0.2) is 4.79 Å². The maximum Gasteiger partial charge on any atom is 0.328 e. The molecule has 37 heavy (non-hydrogen) atoms. The van der Waals surface area contributed by atoms with Crippen LogP contribution in [0.4, 0.5) is 0 Å². The minimum Gasteiger partial charge on any atom is -0.508 e. The van der Waals surface area contributed by atoms with E-state index in [4.69, 9.17) is 9.15 Å². The van der Waals surface area contributed by atoms with Crippen LogP contribution >= 0.6 is 0 Å². The average Bonchev–Trinajstić information content (AvgIpc) is 3.27. The number of rotatable bonds is 9. The molecule has 0 aliphatic carbocycles. The smallest absolute Gasteiger partial charge is 0.328 e. The summed E-state index contributed by atoms with van der Waals surface area (Å²) in [5.74, 6) is -1.36. The molecular formula is C29H30N2O6. The summed E-state index contributed by atoms with van der Waals surface area (Å²) in [6.45, 7) is 3.89. The molecule has 0 aliphatic heterocycles. The van der Waals surface area contributed by atoms with E-state index in [1.807, 2.05) is 44.2 Å². The van der Waals surface area contributed by atoms with E-state index in [9.17, 15) is 19.5 Å².